The molecule has 0 aliphatic rings. The number of aliphatic hydroxyl groups is 1. The summed E-state index contributed by atoms with van der Waals surface area (Å²) in [6, 6.07) is 5.35. The van der Waals surface area contributed by atoms with Gasteiger partial charge in [0, 0.05) is 19.2 Å². The van der Waals surface area contributed by atoms with Crippen LogP contribution in [0.5, 0.6) is 0 Å². The van der Waals surface area contributed by atoms with Gasteiger partial charge in [-0.25, -0.2) is 9.31 Å². The van der Waals surface area contributed by atoms with Crippen LogP contribution in [0, 0.1) is 0 Å². The number of carbonyl (C=O) groups excluding carboxylic acids is 1. The Balaban J connectivity index is 1.99. The Morgan fingerprint density at radius 3 is 2.95 bits per heavy atom. The van der Waals surface area contributed by atoms with Gasteiger partial charge in [0.15, 0.2) is 6.10 Å². The SMILES string of the molecule is O=C(NCCC(O)C(=O)O)c1cnn2ccccc12. The molecule has 100 valence electrons. The number of nitrogens with one attached hydrogen (secondary N) is 1. The van der Waals surface area contributed by atoms with Gasteiger partial charge in [-0.3, -0.25) is 4.79 Å². The number of pyridine rings is 1. The van der Waals surface area contributed by atoms with Crippen molar-refractivity contribution in [2.24, 2.45) is 0 Å². The average Bonchev–Trinajstić information content (AvgIpc) is 2.82. The largest absolute Gasteiger partial charge is 0.479 e. The fourth-order valence-corrected chi connectivity index (χ4v) is 1.65. The second-order valence-electron chi connectivity index (χ2n) is 3.99. The lowest BCUT2D eigenvalue weighted by atomic mass is 10.2. The monoisotopic (exact) mass is 263 g/mol. The number of aliphatic carboxylic acids is 1. The van der Waals surface area contributed by atoms with E-state index in [0.717, 1.165) is 0 Å². The number of nitrogens with zero attached hydrogens (tertiary/aromatic N) is 2. The van der Waals surface area contributed by atoms with Crippen LogP contribution in [-0.4, -0.2) is 44.4 Å². The number of hydrogen-bond acceptors (Lipinski definition) is 4. The van der Waals surface area contributed by atoms with E-state index < -0.39 is 12.1 Å². The van der Waals surface area contributed by atoms with Crippen molar-refractivity contribution in [2.75, 3.05) is 6.54 Å². The van der Waals surface area contributed by atoms with Crippen molar-refractivity contribution in [3.63, 3.8) is 0 Å². The molecule has 1 amide bonds. The second-order valence-corrected chi connectivity index (χ2v) is 3.99. The summed E-state index contributed by atoms with van der Waals surface area (Å²) in [6.07, 6.45) is 1.66. The Morgan fingerprint density at radius 1 is 1.42 bits per heavy atom. The lowest BCUT2D eigenvalue weighted by Gasteiger charge is -2.06. The van der Waals surface area contributed by atoms with Gasteiger partial charge in [0.1, 0.15) is 0 Å². The van der Waals surface area contributed by atoms with Crippen LogP contribution in [0.3, 0.4) is 0 Å². The smallest absolute Gasteiger partial charge is 0.332 e. The molecule has 2 heterocycles. The molecule has 1 atom stereocenters. The van der Waals surface area contributed by atoms with Gasteiger partial charge >= 0.3 is 5.97 Å². The van der Waals surface area contributed by atoms with E-state index in [9.17, 15) is 9.59 Å². The molecular weight excluding hydrogens is 250 g/mol. The van der Waals surface area contributed by atoms with Crippen molar-refractivity contribution in [1.82, 2.24) is 14.9 Å². The van der Waals surface area contributed by atoms with Gasteiger partial charge in [0.05, 0.1) is 17.3 Å². The Morgan fingerprint density at radius 2 is 2.21 bits per heavy atom. The Bertz CT molecular complexity index is 608. The Kier molecular flexibility index (Phi) is 3.76. The first-order valence-corrected chi connectivity index (χ1v) is 5.71. The van der Waals surface area contributed by atoms with Gasteiger partial charge in [-0.2, -0.15) is 5.10 Å². The first kappa shape index (κ1) is 13.0. The zero-order valence-corrected chi connectivity index (χ0v) is 9.98. The average molecular weight is 263 g/mol. The van der Waals surface area contributed by atoms with Crippen molar-refractivity contribution >= 4 is 17.4 Å². The number of carboxylic acid groups (broad SMARTS) is 1. The number of aromatic nitrogens is 2. The zero-order valence-electron chi connectivity index (χ0n) is 9.98. The third kappa shape index (κ3) is 2.89. The molecular formula is C12H13N3O4. The van der Waals surface area contributed by atoms with Crippen molar-refractivity contribution in [3.8, 4) is 0 Å². The highest BCUT2D eigenvalue weighted by molar-refractivity contribution is 6.00. The molecule has 0 aliphatic heterocycles. The second kappa shape index (κ2) is 5.49. The molecule has 0 aromatic carbocycles. The Labute approximate surface area is 108 Å². The summed E-state index contributed by atoms with van der Waals surface area (Å²) in [6.45, 7) is 0.0798. The fourth-order valence-electron chi connectivity index (χ4n) is 1.65. The molecule has 0 fully saturated rings. The Hall–Kier alpha value is -2.41. The van der Waals surface area contributed by atoms with Gasteiger partial charge in [0.25, 0.3) is 5.91 Å². The lowest BCUT2D eigenvalue weighted by Crippen LogP contribution is -2.29. The standard InChI is InChI=1S/C12H13N3O4/c16-10(12(18)19)4-5-13-11(17)8-7-14-15-6-2-1-3-9(8)15/h1-3,6-7,10,16H,4-5H2,(H,13,17)(H,18,19). The quantitative estimate of drug-likeness (QED) is 0.698. The molecule has 7 heteroatoms. The van der Waals surface area contributed by atoms with Crippen LogP contribution in [0.4, 0.5) is 0 Å². The summed E-state index contributed by atoms with van der Waals surface area (Å²) < 4.78 is 1.57. The highest BCUT2D eigenvalue weighted by atomic mass is 16.4. The molecule has 0 radical (unpaired) electrons. The third-order valence-corrected chi connectivity index (χ3v) is 2.66. The molecule has 19 heavy (non-hydrogen) atoms. The van der Waals surface area contributed by atoms with Crippen LogP contribution in [0.2, 0.25) is 0 Å². The van der Waals surface area contributed by atoms with Crippen molar-refractivity contribution in [2.45, 2.75) is 12.5 Å². The van der Waals surface area contributed by atoms with E-state index in [2.05, 4.69) is 10.4 Å². The minimum Gasteiger partial charge on any atom is -0.479 e. The molecule has 2 aromatic rings. The van der Waals surface area contributed by atoms with E-state index in [-0.39, 0.29) is 18.9 Å². The number of hydrogen-bond donors (Lipinski definition) is 3. The molecule has 1 unspecified atom stereocenters. The van der Waals surface area contributed by atoms with Crippen LogP contribution in [0.25, 0.3) is 5.52 Å². The molecule has 0 saturated carbocycles. The summed E-state index contributed by atoms with van der Waals surface area (Å²) >= 11 is 0. The van der Waals surface area contributed by atoms with Crippen LogP contribution in [-0.2, 0) is 4.79 Å². The minimum atomic E-state index is -1.47. The fraction of sp³-hybridized carbons (Fsp3) is 0.250. The number of rotatable bonds is 5. The molecule has 0 saturated heterocycles. The van der Waals surface area contributed by atoms with Crippen molar-refractivity contribution in [3.05, 3.63) is 36.2 Å². The number of fused-ring (bicyclic) bond motifs is 1. The summed E-state index contributed by atoms with van der Waals surface area (Å²) in [7, 11) is 0. The van der Waals surface area contributed by atoms with E-state index in [4.69, 9.17) is 10.2 Å². The van der Waals surface area contributed by atoms with E-state index in [1.54, 1.807) is 28.9 Å². The van der Waals surface area contributed by atoms with Gasteiger partial charge in [-0.1, -0.05) is 6.07 Å². The number of carbonyl (C=O) groups is 2. The maximum atomic E-state index is 11.9. The molecule has 2 rings (SSSR count). The zero-order chi connectivity index (χ0) is 13.8. The van der Waals surface area contributed by atoms with E-state index in [1.165, 1.54) is 6.20 Å². The molecule has 7 nitrogen and oxygen atoms in total. The van der Waals surface area contributed by atoms with Crippen molar-refractivity contribution < 1.29 is 19.8 Å². The van der Waals surface area contributed by atoms with Gasteiger partial charge in [0.2, 0.25) is 0 Å². The number of carboxylic acids is 1. The maximum Gasteiger partial charge on any atom is 0.332 e. The predicted octanol–water partition coefficient (Wildman–Crippen LogP) is -0.100. The molecule has 0 spiro atoms. The normalized spacial score (nSPS) is 12.3. The summed E-state index contributed by atoms with van der Waals surface area (Å²) in [5.74, 6) is -1.65. The summed E-state index contributed by atoms with van der Waals surface area (Å²) in [5.41, 5.74) is 1.07. The van der Waals surface area contributed by atoms with Crippen molar-refractivity contribution in [1.29, 1.82) is 0 Å². The van der Waals surface area contributed by atoms with E-state index in [0.29, 0.717) is 11.1 Å². The molecule has 0 aliphatic carbocycles. The predicted molar refractivity (Wildman–Crippen MR) is 65.8 cm³/mol. The van der Waals surface area contributed by atoms with Crippen LogP contribution < -0.4 is 5.32 Å². The van der Waals surface area contributed by atoms with Gasteiger partial charge < -0.3 is 15.5 Å². The lowest BCUT2D eigenvalue weighted by molar-refractivity contribution is -0.146. The van der Waals surface area contributed by atoms with Crippen LogP contribution in [0.15, 0.2) is 30.6 Å². The molecule has 2 aromatic heterocycles. The number of aliphatic hydroxyl groups excluding tert-OH is 1. The first-order valence-electron chi connectivity index (χ1n) is 5.71. The van der Waals surface area contributed by atoms with Gasteiger partial charge in [-0.05, 0) is 12.1 Å². The molecule has 3 N–H and O–H groups in total. The number of amides is 1. The summed E-state index contributed by atoms with van der Waals surface area (Å²) in [4.78, 5) is 22.3. The van der Waals surface area contributed by atoms with Gasteiger partial charge in [-0.15, -0.1) is 0 Å². The summed E-state index contributed by atoms with van der Waals surface area (Å²) in [5, 5.41) is 24.1. The third-order valence-electron chi connectivity index (χ3n) is 2.66. The molecule has 0 bridgehead atoms. The topological polar surface area (TPSA) is 104 Å². The highest BCUT2D eigenvalue weighted by Crippen LogP contribution is 2.09. The van der Waals surface area contributed by atoms with E-state index in [1.807, 2.05) is 0 Å². The van der Waals surface area contributed by atoms with Crippen LogP contribution in [0.1, 0.15) is 16.8 Å². The highest BCUT2D eigenvalue weighted by Gasteiger charge is 2.15. The first-order chi connectivity index (χ1) is 9.09. The van der Waals surface area contributed by atoms with E-state index >= 15 is 0 Å². The maximum absolute atomic E-state index is 11.9. The van der Waals surface area contributed by atoms with Crippen LogP contribution >= 0.6 is 0 Å². The minimum absolute atomic E-state index is 0.0414.